The Kier molecular flexibility index (Phi) is 2.51. The highest BCUT2D eigenvalue weighted by molar-refractivity contribution is 5.60. The summed E-state index contributed by atoms with van der Waals surface area (Å²) in [6.45, 7) is 1.47. The fourth-order valence-electron chi connectivity index (χ4n) is 1.35. The molecule has 1 heterocycles. The minimum atomic E-state index is -0.298. The molecule has 0 atom stereocenters. The van der Waals surface area contributed by atoms with Gasteiger partial charge >= 0.3 is 0 Å². The van der Waals surface area contributed by atoms with Crippen LogP contribution in [0.5, 0.6) is 0 Å². The first-order chi connectivity index (χ1) is 7.22. The van der Waals surface area contributed by atoms with Gasteiger partial charge in [-0.3, -0.25) is 0 Å². The molecule has 4 heteroatoms. The first kappa shape index (κ1) is 9.86. The van der Waals surface area contributed by atoms with E-state index in [0.29, 0.717) is 22.6 Å². The quantitative estimate of drug-likeness (QED) is 0.821. The first-order valence-electron chi connectivity index (χ1n) is 4.52. The molecule has 0 saturated carbocycles. The number of aryl methyl sites for hydroxylation is 1. The van der Waals surface area contributed by atoms with Crippen LogP contribution in [0.3, 0.4) is 0 Å². The maximum absolute atomic E-state index is 13.3. The number of nitrogens with zero attached hydrogens (tertiary/aromatic N) is 1. The molecule has 1 aromatic carbocycles. The zero-order valence-electron chi connectivity index (χ0n) is 8.20. The molecule has 0 bridgehead atoms. The number of benzene rings is 1. The van der Waals surface area contributed by atoms with Crippen molar-refractivity contribution in [1.82, 2.24) is 4.98 Å². The third kappa shape index (κ3) is 1.76. The van der Waals surface area contributed by atoms with E-state index in [0.717, 1.165) is 0 Å². The van der Waals surface area contributed by atoms with Crippen molar-refractivity contribution >= 4 is 0 Å². The molecule has 1 aromatic heterocycles. The molecule has 0 amide bonds. The Morgan fingerprint density at radius 3 is 2.93 bits per heavy atom. The van der Waals surface area contributed by atoms with Gasteiger partial charge < -0.3 is 9.52 Å². The highest BCUT2D eigenvalue weighted by atomic mass is 19.1. The number of aliphatic hydroxyl groups is 1. The number of oxazole rings is 1. The lowest BCUT2D eigenvalue weighted by molar-refractivity contribution is 0.277. The second-order valence-electron chi connectivity index (χ2n) is 3.25. The summed E-state index contributed by atoms with van der Waals surface area (Å²) in [4.78, 5) is 3.82. The van der Waals surface area contributed by atoms with Crippen LogP contribution in [0.25, 0.3) is 11.3 Å². The third-order valence-electron chi connectivity index (χ3n) is 2.22. The Morgan fingerprint density at radius 1 is 1.47 bits per heavy atom. The molecule has 2 aromatic rings. The summed E-state index contributed by atoms with van der Waals surface area (Å²) in [5.41, 5.74) is 1.57. The molecule has 0 saturated heterocycles. The van der Waals surface area contributed by atoms with Crippen molar-refractivity contribution in [2.24, 2.45) is 0 Å². The fraction of sp³-hybridized carbons (Fsp3) is 0.182. The molecule has 2 rings (SSSR count). The van der Waals surface area contributed by atoms with Gasteiger partial charge in [0.15, 0.2) is 12.2 Å². The summed E-state index contributed by atoms with van der Waals surface area (Å²) in [5, 5.41) is 8.98. The van der Waals surface area contributed by atoms with Crippen LogP contribution < -0.4 is 0 Å². The largest absolute Gasteiger partial charge is 0.443 e. The van der Waals surface area contributed by atoms with Gasteiger partial charge in [-0.25, -0.2) is 9.37 Å². The van der Waals surface area contributed by atoms with Crippen LogP contribution >= 0.6 is 0 Å². The van der Waals surface area contributed by atoms with Gasteiger partial charge in [0.2, 0.25) is 0 Å². The van der Waals surface area contributed by atoms with Gasteiger partial charge in [-0.15, -0.1) is 0 Å². The van der Waals surface area contributed by atoms with E-state index in [2.05, 4.69) is 4.98 Å². The van der Waals surface area contributed by atoms with E-state index in [1.807, 2.05) is 0 Å². The van der Waals surface area contributed by atoms with Crippen LogP contribution in [-0.2, 0) is 6.61 Å². The molecule has 0 aliphatic heterocycles. The summed E-state index contributed by atoms with van der Waals surface area (Å²) in [6.07, 6.45) is 1.23. The SMILES string of the molecule is Cc1ccc(-c2ocnc2CO)cc1F. The zero-order valence-corrected chi connectivity index (χ0v) is 8.20. The van der Waals surface area contributed by atoms with E-state index in [9.17, 15) is 4.39 Å². The van der Waals surface area contributed by atoms with Gasteiger partial charge in [0.1, 0.15) is 11.5 Å². The number of hydrogen-bond acceptors (Lipinski definition) is 3. The van der Waals surface area contributed by atoms with E-state index in [4.69, 9.17) is 9.52 Å². The molecule has 0 spiro atoms. The molecule has 0 aliphatic carbocycles. The number of aromatic nitrogens is 1. The van der Waals surface area contributed by atoms with Crippen LogP contribution in [0.15, 0.2) is 29.0 Å². The van der Waals surface area contributed by atoms with Crippen LogP contribution in [-0.4, -0.2) is 10.1 Å². The minimum absolute atomic E-state index is 0.221. The number of halogens is 1. The predicted octanol–water partition coefficient (Wildman–Crippen LogP) is 2.28. The molecule has 78 valence electrons. The van der Waals surface area contributed by atoms with E-state index in [-0.39, 0.29) is 12.4 Å². The minimum Gasteiger partial charge on any atom is -0.443 e. The number of hydrogen-bond donors (Lipinski definition) is 1. The second kappa shape index (κ2) is 3.82. The Labute approximate surface area is 86.2 Å². The smallest absolute Gasteiger partial charge is 0.181 e. The highest BCUT2D eigenvalue weighted by Crippen LogP contribution is 2.24. The maximum atomic E-state index is 13.3. The van der Waals surface area contributed by atoms with Crippen molar-refractivity contribution in [3.63, 3.8) is 0 Å². The Hall–Kier alpha value is -1.68. The van der Waals surface area contributed by atoms with Crippen molar-refractivity contribution in [3.05, 3.63) is 41.7 Å². The Morgan fingerprint density at radius 2 is 2.27 bits per heavy atom. The zero-order chi connectivity index (χ0) is 10.8. The van der Waals surface area contributed by atoms with Gasteiger partial charge in [-0.2, -0.15) is 0 Å². The average molecular weight is 207 g/mol. The molecule has 15 heavy (non-hydrogen) atoms. The third-order valence-corrected chi connectivity index (χ3v) is 2.22. The monoisotopic (exact) mass is 207 g/mol. The van der Waals surface area contributed by atoms with E-state index < -0.39 is 0 Å². The summed E-state index contributed by atoms with van der Waals surface area (Å²) in [6, 6.07) is 4.77. The van der Waals surface area contributed by atoms with E-state index in [1.165, 1.54) is 12.5 Å². The summed E-state index contributed by atoms with van der Waals surface area (Å²) in [5.74, 6) is 0.115. The van der Waals surface area contributed by atoms with E-state index in [1.54, 1.807) is 19.1 Å². The van der Waals surface area contributed by atoms with Gasteiger partial charge in [0.05, 0.1) is 6.61 Å². The molecule has 0 aliphatic rings. The Balaban J connectivity index is 2.50. The fourth-order valence-corrected chi connectivity index (χ4v) is 1.35. The normalized spacial score (nSPS) is 10.6. The first-order valence-corrected chi connectivity index (χ1v) is 4.52. The van der Waals surface area contributed by atoms with Gasteiger partial charge in [0, 0.05) is 5.56 Å². The molecule has 0 fully saturated rings. The second-order valence-corrected chi connectivity index (χ2v) is 3.25. The van der Waals surface area contributed by atoms with Crippen molar-refractivity contribution in [1.29, 1.82) is 0 Å². The number of aliphatic hydroxyl groups excluding tert-OH is 1. The van der Waals surface area contributed by atoms with Crippen LogP contribution in [0.4, 0.5) is 4.39 Å². The summed E-state index contributed by atoms with van der Waals surface area (Å²) >= 11 is 0. The molecule has 3 nitrogen and oxygen atoms in total. The molecule has 1 N–H and O–H groups in total. The number of rotatable bonds is 2. The van der Waals surface area contributed by atoms with Crippen molar-refractivity contribution in [2.45, 2.75) is 13.5 Å². The van der Waals surface area contributed by atoms with Crippen molar-refractivity contribution < 1.29 is 13.9 Å². The van der Waals surface area contributed by atoms with Crippen molar-refractivity contribution in [3.8, 4) is 11.3 Å². The summed E-state index contributed by atoms with van der Waals surface area (Å²) < 4.78 is 18.4. The lowest BCUT2D eigenvalue weighted by atomic mass is 10.1. The van der Waals surface area contributed by atoms with Gasteiger partial charge in [0.25, 0.3) is 0 Å². The Bertz CT molecular complexity index is 479. The van der Waals surface area contributed by atoms with Crippen LogP contribution in [0.2, 0.25) is 0 Å². The molecular weight excluding hydrogens is 197 g/mol. The van der Waals surface area contributed by atoms with E-state index >= 15 is 0 Å². The molecular formula is C11H10FNO2. The highest BCUT2D eigenvalue weighted by Gasteiger charge is 2.10. The summed E-state index contributed by atoms with van der Waals surface area (Å²) in [7, 11) is 0. The topological polar surface area (TPSA) is 46.3 Å². The molecule has 0 unspecified atom stereocenters. The van der Waals surface area contributed by atoms with Gasteiger partial charge in [-0.1, -0.05) is 12.1 Å². The van der Waals surface area contributed by atoms with Gasteiger partial charge in [-0.05, 0) is 18.6 Å². The predicted molar refractivity (Wildman–Crippen MR) is 52.6 cm³/mol. The van der Waals surface area contributed by atoms with Crippen LogP contribution in [0, 0.1) is 12.7 Å². The average Bonchev–Trinajstić information content (AvgIpc) is 2.70. The standard InChI is InChI=1S/C11H10FNO2/c1-7-2-3-8(4-9(7)12)11-10(5-14)13-6-15-11/h2-4,6,14H,5H2,1H3. The van der Waals surface area contributed by atoms with Crippen molar-refractivity contribution in [2.75, 3.05) is 0 Å². The lowest BCUT2D eigenvalue weighted by Crippen LogP contribution is -1.88. The lowest BCUT2D eigenvalue weighted by Gasteiger charge is -2.01. The molecule has 0 radical (unpaired) electrons. The maximum Gasteiger partial charge on any atom is 0.181 e. The van der Waals surface area contributed by atoms with Crippen LogP contribution in [0.1, 0.15) is 11.3 Å².